The van der Waals surface area contributed by atoms with Crippen molar-refractivity contribution < 1.29 is 14.7 Å². The van der Waals surface area contributed by atoms with Gasteiger partial charge in [-0.2, -0.15) is 0 Å². The average Bonchev–Trinajstić information content (AvgIpc) is 2.87. The van der Waals surface area contributed by atoms with Crippen molar-refractivity contribution in [2.24, 2.45) is 0 Å². The molecule has 1 aromatic heterocycles. The van der Waals surface area contributed by atoms with Crippen molar-refractivity contribution in [1.82, 2.24) is 4.57 Å². The van der Waals surface area contributed by atoms with Gasteiger partial charge in [0.15, 0.2) is 0 Å². The molecule has 5 nitrogen and oxygen atoms in total. The lowest BCUT2D eigenvalue weighted by Crippen LogP contribution is -2.18. The van der Waals surface area contributed by atoms with Crippen LogP contribution < -0.4 is 5.32 Å². The Morgan fingerprint density at radius 3 is 2.58 bits per heavy atom. The second-order valence-electron chi connectivity index (χ2n) is 5.58. The lowest BCUT2D eigenvalue weighted by Gasteiger charge is -2.10. The molecule has 0 unspecified atom stereocenters. The summed E-state index contributed by atoms with van der Waals surface area (Å²) in [5.41, 5.74) is 3.13. The third kappa shape index (κ3) is 2.65. The highest BCUT2D eigenvalue weighted by molar-refractivity contribution is 6.08. The Kier molecular flexibility index (Phi) is 4.08. The van der Waals surface area contributed by atoms with Crippen molar-refractivity contribution in [1.29, 1.82) is 0 Å². The van der Waals surface area contributed by atoms with Crippen LogP contribution in [0.4, 0.5) is 5.69 Å². The predicted molar refractivity (Wildman–Crippen MR) is 93.7 cm³/mol. The molecule has 0 radical (unpaired) electrons. The van der Waals surface area contributed by atoms with Gasteiger partial charge < -0.3 is 15.0 Å². The Labute approximate surface area is 139 Å². The number of anilines is 1. The molecule has 122 valence electrons. The third-order valence-corrected chi connectivity index (χ3v) is 4.12. The third-order valence-electron chi connectivity index (χ3n) is 4.12. The molecular formula is C19H18N2O3. The number of carboxylic acids is 1. The molecule has 3 rings (SSSR count). The smallest absolute Gasteiger partial charge is 0.335 e. The van der Waals surface area contributed by atoms with E-state index in [1.54, 1.807) is 12.1 Å². The molecule has 5 heteroatoms. The number of nitrogens with zero attached hydrogens (tertiary/aromatic N) is 1. The minimum atomic E-state index is -1.02. The zero-order valence-electron chi connectivity index (χ0n) is 13.5. The van der Waals surface area contributed by atoms with Gasteiger partial charge in [-0.25, -0.2) is 4.79 Å². The second kappa shape index (κ2) is 6.20. The minimum Gasteiger partial charge on any atom is -0.478 e. The number of para-hydroxylation sites is 1. The number of carboxylic acid groups (broad SMARTS) is 1. The molecule has 0 fully saturated rings. The summed E-state index contributed by atoms with van der Waals surface area (Å²) in [7, 11) is 0. The number of carbonyl (C=O) groups excluding carboxylic acids is 1. The van der Waals surface area contributed by atoms with Gasteiger partial charge in [0.25, 0.3) is 5.91 Å². The summed E-state index contributed by atoms with van der Waals surface area (Å²) in [4.78, 5) is 23.9. The van der Waals surface area contributed by atoms with Crippen molar-refractivity contribution in [3.8, 4) is 0 Å². The van der Waals surface area contributed by atoms with Crippen LogP contribution in [-0.2, 0) is 6.54 Å². The topological polar surface area (TPSA) is 71.3 Å². The highest BCUT2D eigenvalue weighted by Crippen LogP contribution is 2.26. The molecule has 0 bridgehead atoms. The maximum atomic E-state index is 12.8. The van der Waals surface area contributed by atoms with Crippen LogP contribution in [0.1, 0.15) is 33.3 Å². The van der Waals surface area contributed by atoms with E-state index in [0.29, 0.717) is 17.9 Å². The van der Waals surface area contributed by atoms with Gasteiger partial charge >= 0.3 is 5.97 Å². The van der Waals surface area contributed by atoms with Gasteiger partial charge in [0, 0.05) is 23.1 Å². The number of hydrogen-bond donors (Lipinski definition) is 2. The summed E-state index contributed by atoms with van der Waals surface area (Å²) in [6.45, 7) is 4.59. The van der Waals surface area contributed by atoms with Gasteiger partial charge in [0.05, 0.1) is 5.56 Å². The average molecular weight is 322 g/mol. The van der Waals surface area contributed by atoms with Gasteiger partial charge in [-0.15, -0.1) is 0 Å². The monoisotopic (exact) mass is 322 g/mol. The number of aryl methyl sites for hydroxylation is 2. The molecule has 2 aromatic carbocycles. The number of amides is 1. The Morgan fingerprint density at radius 1 is 1.12 bits per heavy atom. The molecule has 1 amide bonds. The molecular weight excluding hydrogens is 304 g/mol. The Bertz CT molecular complexity index is 941. The van der Waals surface area contributed by atoms with Crippen LogP contribution in [0.15, 0.2) is 48.5 Å². The number of aromatic carboxylic acids is 1. The van der Waals surface area contributed by atoms with Gasteiger partial charge in [-0.1, -0.05) is 24.3 Å². The van der Waals surface area contributed by atoms with Crippen LogP contribution in [0, 0.1) is 6.92 Å². The van der Waals surface area contributed by atoms with Gasteiger partial charge in [-0.05, 0) is 43.7 Å². The zero-order chi connectivity index (χ0) is 17.3. The van der Waals surface area contributed by atoms with Gasteiger partial charge in [0.1, 0.15) is 5.69 Å². The van der Waals surface area contributed by atoms with Crippen LogP contribution in [0.2, 0.25) is 0 Å². The van der Waals surface area contributed by atoms with Crippen molar-refractivity contribution in [3.05, 3.63) is 65.4 Å². The van der Waals surface area contributed by atoms with Crippen molar-refractivity contribution in [2.45, 2.75) is 20.4 Å². The quantitative estimate of drug-likeness (QED) is 0.765. The molecule has 0 aliphatic carbocycles. The number of benzene rings is 2. The van der Waals surface area contributed by atoms with Gasteiger partial charge in [-0.3, -0.25) is 4.79 Å². The molecule has 2 N–H and O–H groups in total. The highest BCUT2D eigenvalue weighted by Gasteiger charge is 2.19. The first-order valence-electron chi connectivity index (χ1n) is 7.75. The van der Waals surface area contributed by atoms with Gasteiger partial charge in [0.2, 0.25) is 0 Å². The SMILES string of the molecule is CCn1c(C(=O)Nc2cccc(C(=O)O)c2)c(C)c2ccccc21. The number of carbonyl (C=O) groups is 2. The van der Waals surface area contributed by atoms with E-state index in [1.807, 2.05) is 42.7 Å². The number of fused-ring (bicyclic) bond motifs is 1. The summed E-state index contributed by atoms with van der Waals surface area (Å²) in [6.07, 6.45) is 0. The van der Waals surface area contributed by atoms with E-state index >= 15 is 0 Å². The molecule has 0 saturated carbocycles. The van der Waals surface area contributed by atoms with E-state index < -0.39 is 5.97 Å². The summed E-state index contributed by atoms with van der Waals surface area (Å²) in [5, 5.41) is 12.9. The molecule has 0 atom stereocenters. The Hall–Kier alpha value is -3.08. The lowest BCUT2D eigenvalue weighted by atomic mass is 10.1. The van der Waals surface area contributed by atoms with E-state index in [0.717, 1.165) is 16.5 Å². The molecule has 0 saturated heterocycles. The summed E-state index contributed by atoms with van der Waals surface area (Å²) < 4.78 is 1.97. The van der Waals surface area contributed by atoms with E-state index in [4.69, 9.17) is 5.11 Å². The Balaban J connectivity index is 2.02. The first-order valence-corrected chi connectivity index (χ1v) is 7.75. The number of rotatable bonds is 4. The predicted octanol–water partition coefficient (Wildman–Crippen LogP) is 3.92. The molecule has 24 heavy (non-hydrogen) atoms. The van der Waals surface area contributed by atoms with Crippen molar-refractivity contribution >= 4 is 28.5 Å². The fraction of sp³-hybridized carbons (Fsp3) is 0.158. The first kappa shape index (κ1) is 15.8. The Morgan fingerprint density at radius 2 is 1.88 bits per heavy atom. The van der Waals surface area contributed by atoms with Crippen LogP contribution in [0.3, 0.4) is 0 Å². The molecule has 3 aromatic rings. The number of hydrogen-bond acceptors (Lipinski definition) is 2. The number of nitrogens with one attached hydrogen (secondary N) is 1. The standard InChI is InChI=1S/C19H18N2O3/c1-3-21-16-10-5-4-9-15(16)12(2)17(21)18(22)20-14-8-6-7-13(11-14)19(23)24/h4-11H,3H2,1-2H3,(H,20,22)(H,23,24). The fourth-order valence-electron chi connectivity index (χ4n) is 3.02. The molecule has 1 heterocycles. The fourth-order valence-corrected chi connectivity index (χ4v) is 3.02. The van der Waals surface area contributed by atoms with Crippen LogP contribution in [0.5, 0.6) is 0 Å². The molecule has 0 spiro atoms. The maximum Gasteiger partial charge on any atom is 0.335 e. The second-order valence-corrected chi connectivity index (χ2v) is 5.58. The minimum absolute atomic E-state index is 0.139. The van der Waals surface area contributed by atoms with E-state index in [1.165, 1.54) is 12.1 Å². The summed E-state index contributed by atoms with van der Waals surface area (Å²) in [5.74, 6) is -1.27. The largest absolute Gasteiger partial charge is 0.478 e. The summed E-state index contributed by atoms with van der Waals surface area (Å²) in [6, 6.07) is 14.1. The number of aromatic nitrogens is 1. The van der Waals surface area contributed by atoms with Crippen molar-refractivity contribution in [2.75, 3.05) is 5.32 Å². The molecule has 0 aliphatic rings. The van der Waals surface area contributed by atoms with Crippen molar-refractivity contribution in [3.63, 3.8) is 0 Å². The van der Waals surface area contributed by atoms with E-state index in [-0.39, 0.29) is 11.5 Å². The van der Waals surface area contributed by atoms with E-state index in [2.05, 4.69) is 5.32 Å². The maximum absolute atomic E-state index is 12.8. The summed E-state index contributed by atoms with van der Waals surface area (Å²) >= 11 is 0. The van der Waals surface area contributed by atoms with Crippen LogP contribution >= 0.6 is 0 Å². The van der Waals surface area contributed by atoms with Crippen LogP contribution in [0.25, 0.3) is 10.9 Å². The zero-order valence-corrected chi connectivity index (χ0v) is 13.5. The van der Waals surface area contributed by atoms with E-state index in [9.17, 15) is 9.59 Å². The van der Waals surface area contributed by atoms with Crippen LogP contribution in [-0.4, -0.2) is 21.6 Å². The molecule has 0 aliphatic heterocycles. The lowest BCUT2D eigenvalue weighted by molar-refractivity contribution is 0.0696. The first-order chi connectivity index (χ1) is 11.5. The highest BCUT2D eigenvalue weighted by atomic mass is 16.4. The normalized spacial score (nSPS) is 10.8.